The molecule has 0 bridgehead atoms. The third kappa shape index (κ3) is 3.93. The molecule has 2 nitrogen and oxygen atoms in total. The minimum atomic E-state index is -0.0638. The number of hydrogen-bond acceptors (Lipinski definition) is 1. The molecule has 2 aromatic rings. The summed E-state index contributed by atoms with van der Waals surface area (Å²) in [5, 5.41) is 2.94. The van der Waals surface area contributed by atoms with Crippen LogP contribution >= 0.6 is 31.9 Å². The molecule has 1 amide bonds. The summed E-state index contributed by atoms with van der Waals surface area (Å²) in [6, 6.07) is 15.6. The maximum atomic E-state index is 12.1. The number of amides is 1. The van der Waals surface area contributed by atoms with Gasteiger partial charge in [0.05, 0.1) is 4.83 Å². The average Bonchev–Trinajstić information content (AvgIpc) is 2.48. The maximum absolute atomic E-state index is 12.1. The van der Waals surface area contributed by atoms with Crippen LogP contribution in [0.4, 0.5) is 0 Å². The van der Waals surface area contributed by atoms with Crippen molar-refractivity contribution >= 4 is 37.8 Å². The SMILES string of the molecule is Cc1ccc(C(=O)NCC(Br)c2ccccc2)cc1Br. The maximum Gasteiger partial charge on any atom is 0.251 e. The molecular formula is C16H15Br2NO. The highest BCUT2D eigenvalue weighted by Gasteiger charge is 2.11. The summed E-state index contributed by atoms with van der Waals surface area (Å²) in [7, 11) is 0. The molecule has 1 unspecified atom stereocenters. The van der Waals surface area contributed by atoms with Gasteiger partial charge >= 0.3 is 0 Å². The summed E-state index contributed by atoms with van der Waals surface area (Å²) < 4.78 is 0.948. The van der Waals surface area contributed by atoms with Crippen molar-refractivity contribution in [3.05, 3.63) is 69.7 Å². The molecule has 0 heterocycles. The smallest absolute Gasteiger partial charge is 0.251 e. The molecule has 4 heteroatoms. The Labute approximate surface area is 135 Å². The molecule has 0 saturated carbocycles. The average molecular weight is 397 g/mol. The molecule has 0 aromatic heterocycles. The van der Waals surface area contributed by atoms with Crippen molar-refractivity contribution in [3.8, 4) is 0 Å². The molecule has 0 saturated heterocycles. The number of alkyl halides is 1. The van der Waals surface area contributed by atoms with Crippen LogP contribution in [-0.2, 0) is 0 Å². The second kappa shape index (κ2) is 7.04. The lowest BCUT2D eigenvalue weighted by Gasteiger charge is -2.12. The Morgan fingerprint density at radius 3 is 2.55 bits per heavy atom. The number of halogens is 2. The third-order valence-corrected chi connectivity index (χ3v) is 4.74. The molecule has 0 aliphatic carbocycles. The summed E-state index contributed by atoms with van der Waals surface area (Å²) >= 11 is 7.03. The molecule has 0 spiro atoms. The van der Waals surface area contributed by atoms with Gasteiger partial charge < -0.3 is 5.32 Å². The molecule has 1 atom stereocenters. The topological polar surface area (TPSA) is 29.1 Å². The van der Waals surface area contributed by atoms with E-state index in [1.807, 2.05) is 55.5 Å². The lowest BCUT2D eigenvalue weighted by atomic mass is 10.1. The number of aryl methyl sites for hydroxylation is 1. The Bertz CT molecular complexity index is 599. The number of carbonyl (C=O) groups excluding carboxylic acids is 1. The molecule has 2 aromatic carbocycles. The third-order valence-electron chi connectivity index (χ3n) is 3.04. The van der Waals surface area contributed by atoms with Crippen LogP contribution in [0.3, 0.4) is 0 Å². The van der Waals surface area contributed by atoms with E-state index in [2.05, 4.69) is 37.2 Å². The summed E-state index contributed by atoms with van der Waals surface area (Å²) in [4.78, 5) is 12.2. The predicted octanol–water partition coefficient (Wildman–Crippen LogP) is 4.62. The molecule has 0 fully saturated rings. The van der Waals surface area contributed by atoms with Crippen LogP contribution in [0.2, 0.25) is 0 Å². The van der Waals surface area contributed by atoms with E-state index >= 15 is 0 Å². The fourth-order valence-corrected chi connectivity index (χ4v) is 2.64. The van der Waals surface area contributed by atoms with E-state index in [1.165, 1.54) is 0 Å². The first-order chi connectivity index (χ1) is 9.58. The van der Waals surface area contributed by atoms with E-state index in [1.54, 1.807) is 0 Å². The van der Waals surface area contributed by atoms with Crippen molar-refractivity contribution in [1.82, 2.24) is 5.32 Å². The number of rotatable bonds is 4. The van der Waals surface area contributed by atoms with Crippen LogP contribution in [0, 0.1) is 6.92 Å². The number of nitrogens with one attached hydrogen (secondary N) is 1. The highest BCUT2D eigenvalue weighted by molar-refractivity contribution is 9.10. The van der Waals surface area contributed by atoms with Crippen LogP contribution in [0.5, 0.6) is 0 Å². The zero-order valence-electron chi connectivity index (χ0n) is 11.1. The first-order valence-corrected chi connectivity index (χ1v) is 8.02. The van der Waals surface area contributed by atoms with Crippen molar-refractivity contribution in [2.75, 3.05) is 6.54 Å². The Balaban J connectivity index is 1.97. The first-order valence-electron chi connectivity index (χ1n) is 6.31. The van der Waals surface area contributed by atoms with Crippen LogP contribution in [0.1, 0.15) is 26.3 Å². The van der Waals surface area contributed by atoms with Crippen molar-refractivity contribution < 1.29 is 4.79 Å². The van der Waals surface area contributed by atoms with Crippen molar-refractivity contribution in [2.24, 2.45) is 0 Å². The monoisotopic (exact) mass is 395 g/mol. The van der Waals surface area contributed by atoms with Crippen molar-refractivity contribution in [2.45, 2.75) is 11.8 Å². The second-order valence-electron chi connectivity index (χ2n) is 4.55. The highest BCUT2D eigenvalue weighted by Crippen LogP contribution is 2.21. The standard InChI is InChI=1S/C16H15Br2NO/c1-11-7-8-13(9-14(11)17)16(20)19-10-15(18)12-5-3-2-4-6-12/h2-9,15H,10H2,1H3,(H,19,20). The number of carbonyl (C=O) groups is 1. The Kier molecular flexibility index (Phi) is 5.38. The molecule has 20 heavy (non-hydrogen) atoms. The normalized spacial score (nSPS) is 11.9. The van der Waals surface area contributed by atoms with Crippen molar-refractivity contribution in [3.63, 3.8) is 0 Å². The number of benzene rings is 2. The molecule has 0 aliphatic rings. The van der Waals surface area contributed by atoms with Gasteiger partial charge in [0, 0.05) is 16.6 Å². The lowest BCUT2D eigenvalue weighted by Crippen LogP contribution is -2.26. The predicted molar refractivity (Wildman–Crippen MR) is 89.3 cm³/mol. The summed E-state index contributed by atoms with van der Waals surface area (Å²) in [5.74, 6) is -0.0638. The minimum Gasteiger partial charge on any atom is -0.351 e. The van der Waals surface area contributed by atoms with Gasteiger partial charge in [-0.1, -0.05) is 68.3 Å². The first kappa shape index (κ1) is 15.3. The molecule has 0 aliphatic heterocycles. The van der Waals surface area contributed by atoms with Gasteiger partial charge in [0.15, 0.2) is 0 Å². The van der Waals surface area contributed by atoms with Gasteiger partial charge in [0.1, 0.15) is 0 Å². The fourth-order valence-electron chi connectivity index (χ4n) is 1.80. The van der Waals surface area contributed by atoms with E-state index in [0.717, 1.165) is 15.6 Å². The van der Waals surface area contributed by atoms with E-state index in [4.69, 9.17) is 0 Å². The van der Waals surface area contributed by atoms with Gasteiger partial charge in [-0.25, -0.2) is 0 Å². The largest absolute Gasteiger partial charge is 0.351 e. The summed E-state index contributed by atoms with van der Waals surface area (Å²) in [6.45, 7) is 2.55. The molecule has 0 radical (unpaired) electrons. The van der Waals surface area contributed by atoms with E-state index in [-0.39, 0.29) is 10.7 Å². The van der Waals surface area contributed by atoms with E-state index < -0.39 is 0 Å². The highest BCUT2D eigenvalue weighted by atomic mass is 79.9. The van der Waals surface area contributed by atoms with Gasteiger partial charge in [-0.2, -0.15) is 0 Å². The summed E-state index contributed by atoms with van der Waals surface area (Å²) in [5.41, 5.74) is 2.93. The zero-order valence-corrected chi connectivity index (χ0v) is 14.2. The van der Waals surface area contributed by atoms with E-state index in [9.17, 15) is 4.79 Å². The van der Waals surface area contributed by atoms with Crippen LogP contribution in [0.25, 0.3) is 0 Å². The van der Waals surface area contributed by atoms with E-state index in [0.29, 0.717) is 12.1 Å². The Hall–Kier alpha value is -1.13. The molecule has 2 rings (SSSR count). The fraction of sp³-hybridized carbons (Fsp3) is 0.188. The van der Waals surface area contributed by atoms with Gasteiger partial charge in [-0.15, -0.1) is 0 Å². The molecular weight excluding hydrogens is 382 g/mol. The van der Waals surface area contributed by atoms with Crippen LogP contribution in [0.15, 0.2) is 53.0 Å². The Morgan fingerprint density at radius 1 is 1.20 bits per heavy atom. The van der Waals surface area contributed by atoms with Gasteiger partial charge in [0.2, 0.25) is 0 Å². The van der Waals surface area contributed by atoms with Gasteiger partial charge in [-0.05, 0) is 30.2 Å². The van der Waals surface area contributed by atoms with Gasteiger partial charge in [0.25, 0.3) is 5.91 Å². The molecule has 104 valence electrons. The van der Waals surface area contributed by atoms with Crippen LogP contribution < -0.4 is 5.32 Å². The minimum absolute atomic E-state index is 0.0638. The Morgan fingerprint density at radius 2 is 1.90 bits per heavy atom. The summed E-state index contributed by atoms with van der Waals surface area (Å²) in [6.07, 6.45) is 0. The van der Waals surface area contributed by atoms with Crippen LogP contribution in [-0.4, -0.2) is 12.5 Å². The molecule has 1 N–H and O–H groups in total. The number of hydrogen-bond donors (Lipinski definition) is 1. The second-order valence-corrected chi connectivity index (χ2v) is 6.51. The lowest BCUT2D eigenvalue weighted by molar-refractivity contribution is 0.0954. The quantitative estimate of drug-likeness (QED) is 0.750. The van der Waals surface area contributed by atoms with Gasteiger partial charge in [-0.3, -0.25) is 4.79 Å². The van der Waals surface area contributed by atoms with Crippen molar-refractivity contribution in [1.29, 1.82) is 0 Å². The zero-order chi connectivity index (χ0) is 14.5.